The highest BCUT2D eigenvalue weighted by Gasteiger charge is 2.59. The molecule has 0 unspecified atom stereocenters. The van der Waals surface area contributed by atoms with E-state index in [-0.39, 0.29) is 48.3 Å². The molecule has 1 aromatic rings. The van der Waals surface area contributed by atoms with E-state index in [1.165, 1.54) is 7.11 Å². The fourth-order valence-electron chi connectivity index (χ4n) is 7.25. The lowest BCUT2D eigenvalue weighted by atomic mass is 9.65. The van der Waals surface area contributed by atoms with Crippen molar-refractivity contribution in [1.29, 1.82) is 0 Å². The molecule has 0 saturated heterocycles. The van der Waals surface area contributed by atoms with Gasteiger partial charge in [-0.15, -0.1) is 6.58 Å². The van der Waals surface area contributed by atoms with Crippen molar-refractivity contribution in [3.8, 4) is 5.75 Å². The van der Waals surface area contributed by atoms with Crippen LogP contribution in [0.15, 0.2) is 49.1 Å². The molecule has 0 radical (unpaired) electrons. The Morgan fingerprint density at radius 1 is 1.12 bits per heavy atom. The van der Waals surface area contributed by atoms with Crippen LogP contribution in [0.2, 0.25) is 0 Å². The van der Waals surface area contributed by atoms with E-state index in [1.807, 2.05) is 24.3 Å². The van der Waals surface area contributed by atoms with Crippen molar-refractivity contribution in [2.75, 3.05) is 7.11 Å². The van der Waals surface area contributed by atoms with Crippen molar-refractivity contribution in [3.63, 3.8) is 0 Å². The van der Waals surface area contributed by atoms with E-state index in [2.05, 4.69) is 25.7 Å². The van der Waals surface area contributed by atoms with Gasteiger partial charge >= 0.3 is 5.97 Å². The molecule has 34 heavy (non-hydrogen) atoms. The highest BCUT2D eigenvalue weighted by Crippen LogP contribution is 2.57. The maximum atomic E-state index is 14.1. The number of esters is 1. The van der Waals surface area contributed by atoms with Crippen molar-refractivity contribution >= 4 is 17.5 Å². The van der Waals surface area contributed by atoms with Crippen molar-refractivity contribution < 1.29 is 23.9 Å². The van der Waals surface area contributed by atoms with Crippen LogP contribution in [0.3, 0.4) is 0 Å². The summed E-state index contributed by atoms with van der Waals surface area (Å²) in [6.07, 6.45) is 9.45. The van der Waals surface area contributed by atoms with E-state index in [1.54, 1.807) is 6.08 Å². The molecular weight excluding hydrogens is 428 g/mol. The molecule has 2 aliphatic heterocycles. The predicted molar refractivity (Wildman–Crippen MR) is 128 cm³/mol. The first-order chi connectivity index (χ1) is 16.4. The molecule has 5 aliphatic rings. The summed E-state index contributed by atoms with van der Waals surface area (Å²) in [6.45, 7) is 6.32. The Morgan fingerprint density at radius 3 is 2.59 bits per heavy atom. The first-order valence-corrected chi connectivity index (χ1v) is 12.6. The molecule has 5 nitrogen and oxygen atoms in total. The number of allylic oxidation sites excluding steroid dienone is 3. The molecule has 1 aromatic carbocycles. The summed E-state index contributed by atoms with van der Waals surface area (Å²) in [5.41, 5.74) is 0.851. The number of benzene rings is 1. The van der Waals surface area contributed by atoms with E-state index in [0.29, 0.717) is 17.8 Å². The van der Waals surface area contributed by atoms with Gasteiger partial charge in [0, 0.05) is 30.6 Å². The standard InChI is InChI=1S/C29H34O5/c1-4-18-8-12-21-23-13-16(2)5-11-22(23)28-26(21)25(18)27(31)24(29(32)33-3)15-19(30)14-17-6-9-20(34-28)10-7-17/h4,6-10,12,16,18,21-26,28H,1,5,11,13-15H2,2-3H3/t16-,18+,21+,22-,23+,24-,25+,26+,28+/m1/s1. The fourth-order valence-corrected chi connectivity index (χ4v) is 7.25. The second-order valence-electron chi connectivity index (χ2n) is 10.7. The van der Waals surface area contributed by atoms with Crippen LogP contribution in [0.25, 0.3) is 0 Å². The normalized spacial score (nSPS) is 39.1. The van der Waals surface area contributed by atoms with Gasteiger partial charge in [0.05, 0.1) is 7.11 Å². The molecular formula is C29H34O5. The zero-order chi connectivity index (χ0) is 24.0. The third-order valence-electron chi connectivity index (χ3n) is 8.80. The lowest BCUT2D eigenvalue weighted by Gasteiger charge is -2.39. The monoisotopic (exact) mass is 462 g/mol. The van der Waals surface area contributed by atoms with E-state index < -0.39 is 17.8 Å². The Bertz CT molecular complexity index is 1010. The third-order valence-corrected chi connectivity index (χ3v) is 8.80. The average Bonchev–Trinajstić information content (AvgIpc) is 3.14. The molecule has 0 amide bonds. The summed E-state index contributed by atoms with van der Waals surface area (Å²) >= 11 is 0. The summed E-state index contributed by atoms with van der Waals surface area (Å²) in [5.74, 6) is -0.362. The van der Waals surface area contributed by atoms with Crippen molar-refractivity contribution in [2.24, 2.45) is 47.3 Å². The van der Waals surface area contributed by atoms with Gasteiger partial charge in [-0.1, -0.05) is 43.7 Å². The van der Waals surface area contributed by atoms with Gasteiger partial charge in [-0.3, -0.25) is 14.4 Å². The van der Waals surface area contributed by atoms with Crippen LogP contribution in [0.5, 0.6) is 5.75 Å². The molecule has 0 N–H and O–H groups in total. The highest BCUT2D eigenvalue weighted by molar-refractivity contribution is 6.04. The number of fused-ring (bicyclic) bond motifs is 8. The van der Waals surface area contributed by atoms with Crippen molar-refractivity contribution in [2.45, 2.75) is 45.1 Å². The number of rotatable bonds is 2. The summed E-state index contributed by atoms with van der Waals surface area (Å²) < 4.78 is 11.7. The van der Waals surface area contributed by atoms with Crippen molar-refractivity contribution in [1.82, 2.24) is 0 Å². The maximum Gasteiger partial charge on any atom is 0.316 e. The highest BCUT2D eigenvalue weighted by atomic mass is 16.5. The van der Waals surface area contributed by atoms with E-state index in [9.17, 15) is 14.4 Å². The van der Waals surface area contributed by atoms with Crippen LogP contribution in [0, 0.1) is 47.3 Å². The molecule has 0 spiro atoms. The van der Waals surface area contributed by atoms with Crippen LogP contribution < -0.4 is 4.74 Å². The molecule has 3 aliphatic carbocycles. The Kier molecular flexibility index (Phi) is 6.22. The van der Waals surface area contributed by atoms with E-state index in [4.69, 9.17) is 9.47 Å². The van der Waals surface area contributed by atoms with Crippen LogP contribution in [-0.2, 0) is 25.5 Å². The zero-order valence-electron chi connectivity index (χ0n) is 20.0. The summed E-state index contributed by atoms with van der Waals surface area (Å²) in [7, 11) is 1.28. The topological polar surface area (TPSA) is 69.7 Å². The predicted octanol–water partition coefficient (Wildman–Crippen LogP) is 4.59. The molecule has 2 saturated carbocycles. The zero-order valence-corrected chi connectivity index (χ0v) is 20.0. The first-order valence-electron chi connectivity index (χ1n) is 12.6. The minimum absolute atomic E-state index is 0.0662. The number of Topliss-reactive ketones (excluding diaryl/α,β-unsaturated/α-hetero) is 2. The minimum atomic E-state index is -1.10. The Hall–Kier alpha value is -2.69. The quantitative estimate of drug-likeness (QED) is 0.365. The van der Waals surface area contributed by atoms with Crippen LogP contribution >= 0.6 is 0 Å². The second-order valence-corrected chi connectivity index (χ2v) is 10.7. The lowest BCUT2D eigenvalue weighted by molar-refractivity contribution is -0.154. The smallest absolute Gasteiger partial charge is 0.316 e. The molecule has 180 valence electrons. The lowest BCUT2D eigenvalue weighted by Crippen LogP contribution is -2.46. The average molecular weight is 463 g/mol. The third kappa shape index (κ3) is 3.93. The van der Waals surface area contributed by atoms with Gasteiger partial charge in [0.2, 0.25) is 0 Å². The van der Waals surface area contributed by atoms with Crippen LogP contribution in [0.4, 0.5) is 0 Å². The van der Waals surface area contributed by atoms with E-state index in [0.717, 1.165) is 30.6 Å². The number of carbonyl (C=O) groups excluding carboxylic acids is 3. The number of ketones is 2. The van der Waals surface area contributed by atoms with Gasteiger partial charge in [-0.05, 0) is 54.2 Å². The van der Waals surface area contributed by atoms with Gasteiger partial charge < -0.3 is 9.47 Å². The van der Waals surface area contributed by atoms with Crippen LogP contribution in [-0.4, -0.2) is 30.7 Å². The summed E-state index contributed by atoms with van der Waals surface area (Å²) in [5, 5.41) is 0. The van der Waals surface area contributed by atoms with E-state index >= 15 is 0 Å². The summed E-state index contributed by atoms with van der Waals surface area (Å²) in [6, 6.07) is 7.70. The van der Waals surface area contributed by atoms with Gasteiger partial charge in [0.25, 0.3) is 0 Å². The molecule has 9 atom stereocenters. The molecule has 2 fully saturated rings. The maximum absolute atomic E-state index is 14.1. The Balaban J connectivity index is 1.64. The molecule has 5 heteroatoms. The molecule has 0 aromatic heterocycles. The first kappa shape index (κ1) is 23.1. The molecule has 6 rings (SSSR count). The Labute approximate surface area is 201 Å². The molecule has 2 heterocycles. The van der Waals surface area contributed by atoms with Gasteiger partial charge in [0.1, 0.15) is 23.6 Å². The second kappa shape index (κ2) is 9.16. The van der Waals surface area contributed by atoms with Crippen molar-refractivity contribution in [3.05, 3.63) is 54.6 Å². The largest absolute Gasteiger partial charge is 0.490 e. The van der Waals surface area contributed by atoms with Gasteiger partial charge in [-0.2, -0.15) is 0 Å². The number of carbonyl (C=O) groups is 3. The molecule has 2 bridgehead atoms. The number of hydrogen-bond acceptors (Lipinski definition) is 5. The Morgan fingerprint density at radius 2 is 1.88 bits per heavy atom. The van der Waals surface area contributed by atoms with Gasteiger partial charge in [-0.25, -0.2) is 0 Å². The number of hydrogen-bond donors (Lipinski definition) is 0. The SMILES string of the molecule is C=C[C@H]1C=C[C@H]2[C@@H]3C[C@H](C)CC[C@H]3[C@@H]3Oc4ccc(cc4)CC(=O)C[C@@H](C(=O)OC)C(=O)[C@@H]1[C@H]23. The fraction of sp³-hybridized carbons (Fsp3) is 0.552. The van der Waals surface area contributed by atoms with Gasteiger partial charge in [0.15, 0.2) is 5.78 Å². The minimum Gasteiger partial charge on any atom is -0.490 e. The number of ether oxygens (including phenoxy) is 2. The number of methoxy groups -OCH3 is 1. The summed E-state index contributed by atoms with van der Waals surface area (Å²) in [4.78, 5) is 39.8. The van der Waals surface area contributed by atoms with Crippen LogP contribution in [0.1, 0.15) is 38.2 Å².